The Morgan fingerprint density at radius 3 is 2.89 bits per heavy atom. The fraction of sp³-hybridized carbons (Fsp3) is 0.625. The molecule has 1 heterocycles. The number of rotatable bonds is 4. The number of hydrogen-bond acceptors (Lipinski definition) is 3. The number of ether oxygens (including phenoxy) is 1. The van der Waals surface area contributed by atoms with Gasteiger partial charge in [0, 0.05) is 18.6 Å². The molecule has 0 saturated carbocycles. The summed E-state index contributed by atoms with van der Waals surface area (Å²) in [6.45, 7) is 6.51. The minimum absolute atomic E-state index is 0.416. The maximum absolute atomic E-state index is 5.85. The van der Waals surface area contributed by atoms with Crippen molar-refractivity contribution in [3.63, 3.8) is 0 Å². The second-order valence-electron chi connectivity index (χ2n) is 5.68. The predicted molar refractivity (Wildman–Crippen MR) is 79.4 cm³/mol. The van der Waals surface area contributed by atoms with E-state index in [1.165, 1.54) is 18.4 Å². The molecule has 0 bridgehead atoms. The Morgan fingerprint density at radius 2 is 2.21 bits per heavy atom. The van der Waals surface area contributed by atoms with E-state index >= 15 is 0 Å². The van der Waals surface area contributed by atoms with Gasteiger partial charge in [-0.2, -0.15) is 0 Å². The number of nitrogens with zero attached hydrogens (tertiary/aromatic N) is 1. The van der Waals surface area contributed by atoms with Gasteiger partial charge in [0.15, 0.2) is 0 Å². The van der Waals surface area contributed by atoms with Crippen LogP contribution in [-0.4, -0.2) is 31.1 Å². The lowest BCUT2D eigenvalue weighted by atomic mass is 9.91. The number of nitrogens with two attached hydrogens (primary N) is 1. The lowest BCUT2D eigenvalue weighted by molar-refractivity contribution is 0.0812. The highest BCUT2D eigenvalue weighted by atomic mass is 16.5. The molecule has 1 aliphatic heterocycles. The molecule has 19 heavy (non-hydrogen) atoms. The standard InChI is InChI=1S/C16H26N2O/c1-12-7-8-14(10-17)11-18(12)13(2)15-5-4-6-16(9-15)19-3/h4-6,9,12-14H,7-8,10-11,17H2,1-3H3. The Labute approximate surface area is 116 Å². The summed E-state index contributed by atoms with van der Waals surface area (Å²) in [5.41, 5.74) is 7.17. The summed E-state index contributed by atoms with van der Waals surface area (Å²) in [5.74, 6) is 1.58. The van der Waals surface area contributed by atoms with Crippen molar-refractivity contribution in [3.05, 3.63) is 29.8 Å². The minimum atomic E-state index is 0.416. The summed E-state index contributed by atoms with van der Waals surface area (Å²) >= 11 is 0. The van der Waals surface area contributed by atoms with Gasteiger partial charge in [0.05, 0.1) is 7.11 Å². The van der Waals surface area contributed by atoms with E-state index < -0.39 is 0 Å². The largest absolute Gasteiger partial charge is 0.497 e. The minimum Gasteiger partial charge on any atom is -0.497 e. The molecule has 0 aliphatic carbocycles. The van der Waals surface area contributed by atoms with Crippen molar-refractivity contribution < 1.29 is 4.74 Å². The molecule has 1 fully saturated rings. The summed E-state index contributed by atoms with van der Waals surface area (Å²) in [6.07, 6.45) is 2.51. The van der Waals surface area contributed by atoms with Crippen LogP contribution >= 0.6 is 0 Å². The van der Waals surface area contributed by atoms with Crippen LogP contribution in [0.15, 0.2) is 24.3 Å². The maximum atomic E-state index is 5.85. The first-order chi connectivity index (χ1) is 9.15. The van der Waals surface area contributed by atoms with Gasteiger partial charge >= 0.3 is 0 Å². The van der Waals surface area contributed by atoms with Crippen molar-refractivity contribution in [3.8, 4) is 5.75 Å². The third-order valence-corrected chi connectivity index (χ3v) is 4.43. The zero-order valence-corrected chi connectivity index (χ0v) is 12.3. The lowest BCUT2D eigenvalue weighted by Gasteiger charge is -2.41. The van der Waals surface area contributed by atoms with Crippen molar-refractivity contribution in [1.29, 1.82) is 0 Å². The summed E-state index contributed by atoms with van der Waals surface area (Å²) in [6, 6.07) is 9.44. The lowest BCUT2D eigenvalue weighted by Crippen LogP contribution is -2.44. The third kappa shape index (κ3) is 3.28. The Morgan fingerprint density at radius 1 is 1.42 bits per heavy atom. The Kier molecular flexibility index (Phi) is 4.83. The van der Waals surface area contributed by atoms with Crippen LogP contribution in [0.25, 0.3) is 0 Å². The fourth-order valence-electron chi connectivity index (χ4n) is 3.04. The predicted octanol–water partition coefficient (Wildman–Crippen LogP) is 2.82. The van der Waals surface area contributed by atoms with Gasteiger partial charge in [-0.25, -0.2) is 0 Å². The maximum Gasteiger partial charge on any atom is 0.119 e. The van der Waals surface area contributed by atoms with Crippen LogP contribution in [0.1, 0.15) is 38.3 Å². The second-order valence-corrected chi connectivity index (χ2v) is 5.68. The van der Waals surface area contributed by atoms with Crippen LogP contribution in [0.5, 0.6) is 5.75 Å². The molecule has 3 atom stereocenters. The molecule has 0 aromatic heterocycles. The van der Waals surface area contributed by atoms with Gasteiger partial charge < -0.3 is 10.5 Å². The smallest absolute Gasteiger partial charge is 0.119 e. The summed E-state index contributed by atoms with van der Waals surface area (Å²) in [5, 5.41) is 0. The molecule has 1 aromatic rings. The molecule has 1 aromatic carbocycles. The van der Waals surface area contributed by atoms with Crippen LogP contribution in [-0.2, 0) is 0 Å². The first kappa shape index (κ1) is 14.4. The summed E-state index contributed by atoms with van der Waals surface area (Å²) in [7, 11) is 1.72. The topological polar surface area (TPSA) is 38.5 Å². The van der Waals surface area contributed by atoms with Crippen molar-refractivity contribution in [1.82, 2.24) is 4.90 Å². The quantitative estimate of drug-likeness (QED) is 0.907. The van der Waals surface area contributed by atoms with Gasteiger partial charge in [0.1, 0.15) is 5.75 Å². The first-order valence-corrected chi connectivity index (χ1v) is 7.25. The number of benzene rings is 1. The third-order valence-electron chi connectivity index (χ3n) is 4.43. The van der Waals surface area contributed by atoms with Gasteiger partial charge in [-0.3, -0.25) is 4.90 Å². The van der Waals surface area contributed by atoms with Crippen molar-refractivity contribution in [2.75, 3.05) is 20.2 Å². The Hall–Kier alpha value is -1.06. The van der Waals surface area contributed by atoms with Crippen LogP contribution in [0.2, 0.25) is 0 Å². The van der Waals surface area contributed by atoms with E-state index in [1.807, 2.05) is 6.07 Å². The molecule has 0 amide bonds. The molecule has 3 unspecified atom stereocenters. The highest BCUT2D eigenvalue weighted by Crippen LogP contribution is 2.31. The first-order valence-electron chi connectivity index (χ1n) is 7.25. The van der Waals surface area contributed by atoms with Crippen LogP contribution in [0.4, 0.5) is 0 Å². The molecule has 3 heteroatoms. The zero-order chi connectivity index (χ0) is 13.8. The average molecular weight is 262 g/mol. The van der Waals surface area contributed by atoms with E-state index in [0.29, 0.717) is 18.0 Å². The zero-order valence-electron chi connectivity index (χ0n) is 12.3. The van der Waals surface area contributed by atoms with E-state index in [9.17, 15) is 0 Å². The highest BCUT2D eigenvalue weighted by Gasteiger charge is 2.28. The average Bonchev–Trinajstić information content (AvgIpc) is 2.47. The van der Waals surface area contributed by atoms with Crippen molar-refractivity contribution in [2.45, 2.75) is 38.8 Å². The van der Waals surface area contributed by atoms with Gasteiger partial charge in [0.2, 0.25) is 0 Å². The fourth-order valence-corrected chi connectivity index (χ4v) is 3.04. The Bertz CT molecular complexity index is 407. The number of hydrogen-bond donors (Lipinski definition) is 1. The molecule has 106 valence electrons. The monoisotopic (exact) mass is 262 g/mol. The summed E-state index contributed by atoms with van der Waals surface area (Å²) in [4.78, 5) is 2.58. The van der Waals surface area contributed by atoms with Gasteiger partial charge in [-0.15, -0.1) is 0 Å². The number of likely N-dealkylation sites (tertiary alicyclic amines) is 1. The normalized spacial score (nSPS) is 26.1. The molecular formula is C16H26N2O. The Balaban J connectivity index is 2.14. The SMILES string of the molecule is COc1cccc(C(C)N2CC(CN)CCC2C)c1. The number of methoxy groups -OCH3 is 1. The van der Waals surface area contributed by atoms with Crippen LogP contribution in [0, 0.1) is 5.92 Å². The molecular weight excluding hydrogens is 236 g/mol. The summed E-state index contributed by atoms with van der Waals surface area (Å²) < 4.78 is 5.32. The van der Waals surface area contributed by atoms with E-state index in [2.05, 4.69) is 36.9 Å². The van der Waals surface area contributed by atoms with E-state index in [1.54, 1.807) is 7.11 Å². The molecule has 0 radical (unpaired) electrons. The molecule has 2 rings (SSSR count). The van der Waals surface area contributed by atoms with Crippen molar-refractivity contribution >= 4 is 0 Å². The van der Waals surface area contributed by atoms with Crippen LogP contribution < -0.4 is 10.5 Å². The van der Waals surface area contributed by atoms with Crippen LogP contribution in [0.3, 0.4) is 0 Å². The second kappa shape index (κ2) is 6.40. The molecule has 2 N–H and O–H groups in total. The van der Waals surface area contributed by atoms with E-state index in [4.69, 9.17) is 10.5 Å². The van der Waals surface area contributed by atoms with Gasteiger partial charge in [0.25, 0.3) is 0 Å². The number of piperidine rings is 1. The molecule has 0 spiro atoms. The van der Waals surface area contributed by atoms with E-state index in [-0.39, 0.29) is 0 Å². The molecule has 3 nitrogen and oxygen atoms in total. The molecule has 1 aliphatic rings. The van der Waals surface area contributed by atoms with Gasteiger partial charge in [-0.1, -0.05) is 12.1 Å². The van der Waals surface area contributed by atoms with Gasteiger partial charge in [-0.05, 0) is 56.8 Å². The molecule has 1 saturated heterocycles. The van der Waals surface area contributed by atoms with Crippen molar-refractivity contribution in [2.24, 2.45) is 11.7 Å². The highest BCUT2D eigenvalue weighted by molar-refractivity contribution is 5.30. The van der Waals surface area contributed by atoms with E-state index in [0.717, 1.165) is 18.8 Å².